The molecule has 2 heterocycles. The van der Waals surface area contributed by atoms with Gasteiger partial charge in [0, 0.05) is 25.1 Å². The van der Waals surface area contributed by atoms with Crippen molar-refractivity contribution in [3.8, 4) is 0 Å². The average molecular weight is 243 g/mol. The van der Waals surface area contributed by atoms with Gasteiger partial charge in [-0.05, 0) is 36.0 Å². The van der Waals surface area contributed by atoms with Crippen LogP contribution < -0.4 is 0 Å². The Balaban J connectivity index is 1.66. The summed E-state index contributed by atoms with van der Waals surface area (Å²) in [5.74, 6) is 0. The summed E-state index contributed by atoms with van der Waals surface area (Å²) in [6, 6.07) is 7.19. The lowest BCUT2D eigenvalue weighted by Gasteiger charge is -2.25. The number of benzene rings is 1. The molecule has 1 saturated heterocycles. The molecule has 3 aliphatic rings. The van der Waals surface area contributed by atoms with Crippen LogP contribution in [-0.2, 0) is 12.8 Å². The predicted octanol–water partition coefficient (Wildman–Crippen LogP) is 3.55. The Hall–Kier alpha value is -1.31. The standard InChI is InChI=1S/C16H18FN/c17-14-9-11-3-4-12(8-13(11)10-14)16-6-5-15-2-1-7-18(15)16/h2-4,8,14,16H,1,5-7,9-10H2. The lowest BCUT2D eigenvalue weighted by Crippen LogP contribution is -2.19. The number of halogens is 1. The molecule has 2 heteroatoms. The van der Waals surface area contributed by atoms with E-state index >= 15 is 0 Å². The van der Waals surface area contributed by atoms with Crippen molar-refractivity contribution in [2.75, 3.05) is 6.54 Å². The van der Waals surface area contributed by atoms with Gasteiger partial charge in [0.1, 0.15) is 6.17 Å². The molecule has 0 spiro atoms. The van der Waals surface area contributed by atoms with E-state index < -0.39 is 6.17 Å². The van der Waals surface area contributed by atoms with Crippen LogP contribution in [0.4, 0.5) is 4.39 Å². The van der Waals surface area contributed by atoms with E-state index in [1.54, 1.807) is 0 Å². The van der Waals surface area contributed by atoms with Crippen LogP contribution in [0.15, 0.2) is 30.0 Å². The molecular formula is C16H18FN. The second kappa shape index (κ2) is 3.84. The summed E-state index contributed by atoms with van der Waals surface area (Å²) in [7, 11) is 0. The van der Waals surface area contributed by atoms with Crippen molar-refractivity contribution >= 4 is 0 Å². The van der Waals surface area contributed by atoms with E-state index in [-0.39, 0.29) is 0 Å². The Morgan fingerprint density at radius 3 is 3.00 bits per heavy atom. The topological polar surface area (TPSA) is 3.24 Å². The molecule has 2 aliphatic heterocycles. The number of alkyl halides is 1. The first-order chi connectivity index (χ1) is 8.81. The van der Waals surface area contributed by atoms with Gasteiger partial charge in [0.05, 0.1) is 6.04 Å². The van der Waals surface area contributed by atoms with Crippen LogP contribution in [0.1, 0.15) is 42.0 Å². The molecule has 2 unspecified atom stereocenters. The highest BCUT2D eigenvalue weighted by atomic mass is 19.1. The Morgan fingerprint density at radius 2 is 2.06 bits per heavy atom. The van der Waals surface area contributed by atoms with Crippen LogP contribution >= 0.6 is 0 Å². The second-order valence-corrected chi connectivity index (χ2v) is 5.77. The molecule has 2 atom stereocenters. The van der Waals surface area contributed by atoms with Crippen LogP contribution in [-0.4, -0.2) is 17.6 Å². The first kappa shape index (κ1) is 10.6. The number of rotatable bonds is 1. The van der Waals surface area contributed by atoms with Crippen molar-refractivity contribution in [2.45, 2.75) is 44.3 Å². The van der Waals surface area contributed by atoms with Gasteiger partial charge >= 0.3 is 0 Å². The molecule has 1 aromatic rings. The highest BCUT2D eigenvalue weighted by Gasteiger charge is 2.32. The third kappa shape index (κ3) is 1.51. The van der Waals surface area contributed by atoms with Gasteiger partial charge in [-0.25, -0.2) is 4.39 Å². The van der Waals surface area contributed by atoms with Gasteiger partial charge in [0.2, 0.25) is 0 Å². The zero-order valence-electron chi connectivity index (χ0n) is 10.5. The normalized spacial score (nSPS) is 29.4. The molecule has 0 aromatic heterocycles. The predicted molar refractivity (Wildman–Crippen MR) is 70.1 cm³/mol. The molecule has 1 nitrogen and oxygen atoms in total. The van der Waals surface area contributed by atoms with Gasteiger partial charge in [-0.2, -0.15) is 0 Å². The summed E-state index contributed by atoms with van der Waals surface area (Å²) in [6.45, 7) is 1.17. The lowest BCUT2D eigenvalue weighted by molar-refractivity contribution is 0.322. The maximum absolute atomic E-state index is 13.4. The van der Waals surface area contributed by atoms with Crippen LogP contribution in [0.2, 0.25) is 0 Å². The van der Waals surface area contributed by atoms with Crippen molar-refractivity contribution in [1.29, 1.82) is 0 Å². The molecule has 94 valence electrons. The Kier molecular flexibility index (Phi) is 2.26. The van der Waals surface area contributed by atoms with E-state index in [2.05, 4.69) is 29.2 Å². The molecule has 0 saturated carbocycles. The third-order valence-corrected chi connectivity index (χ3v) is 4.67. The Labute approximate surface area is 107 Å². The van der Waals surface area contributed by atoms with E-state index in [9.17, 15) is 4.39 Å². The van der Waals surface area contributed by atoms with Crippen molar-refractivity contribution in [1.82, 2.24) is 4.90 Å². The summed E-state index contributed by atoms with van der Waals surface area (Å²) in [5, 5.41) is 0. The number of fused-ring (bicyclic) bond motifs is 2. The molecule has 0 bridgehead atoms. The highest BCUT2D eigenvalue weighted by molar-refractivity contribution is 5.39. The van der Waals surface area contributed by atoms with E-state index in [1.165, 1.54) is 48.2 Å². The van der Waals surface area contributed by atoms with Crippen LogP contribution in [0.3, 0.4) is 0 Å². The van der Waals surface area contributed by atoms with Gasteiger partial charge < -0.3 is 4.90 Å². The van der Waals surface area contributed by atoms with Crippen LogP contribution in [0.5, 0.6) is 0 Å². The largest absolute Gasteiger partial charge is 0.368 e. The van der Waals surface area contributed by atoms with E-state index in [4.69, 9.17) is 0 Å². The quantitative estimate of drug-likeness (QED) is 0.729. The molecule has 18 heavy (non-hydrogen) atoms. The van der Waals surface area contributed by atoms with E-state index in [1.807, 2.05) is 0 Å². The van der Waals surface area contributed by atoms with Gasteiger partial charge in [0.25, 0.3) is 0 Å². The number of nitrogens with zero attached hydrogens (tertiary/aromatic N) is 1. The number of hydrogen-bond acceptors (Lipinski definition) is 1. The van der Waals surface area contributed by atoms with Gasteiger partial charge in [-0.3, -0.25) is 0 Å². The summed E-state index contributed by atoms with van der Waals surface area (Å²) >= 11 is 0. The summed E-state index contributed by atoms with van der Waals surface area (Å²) < 4.78 is 13.4. The highest BCUT2D eigenvalue weighted by Crippen LogP contribution is 2.42. The fourth-order valence-electron chi connectivity index (χ4n) is 3.81. The summed E-state index contributed by atoms with van der Waals surface area (Å²) in [5.41, 5.74) is 5.40. The third-order valence-electron chi connectivity index (χ3n) is 4.67. The first-order valence-electron chi connectivity index (χ1n) is 7.03. The minimum absolute atomic E-state index is 0.544. The molecule has 0 N–H and O–H groups in total. The molecule has 1 fully saturated rings. The minimum Gasteiger partial charge on any atom is -0.368 e. The van der Waals surface area contributed by atoms with Crippen molar-refractivity contribution in [2.24, 2.45) is 0 Å². The smallest absolute Gasteiger partial charge is 0.108 e. The fourth-order valence-corrected chi connectivity index (χ4v) is 3.81. The average Bonchev–Trinajstić information content (AvgIpc) is 2.99. The maximum Gasteiger partial charge on any atom is 0.108 e. The zero-order valence-corrected chi connectivity index (χ0v) is 10.5. The maximum atomic E-state index is 13.4. The van der Waals surface area contributed by atoms with E-state index in [0.29, 0.717) is 18.9 Å². The summed E-state index contributed by atoms with van der Waals surface area (Å²) in [4.78, 5) is 2.55. The molecular weight excluding hydrogens is 225 g/mol. The first-order valence-corrected chi connectivity index (χ1v) is 7.03. The van der Waals surface area contributed by atoms with Crippen LogP contribution in [0, 0.1) is 0 Å². The SMILES string of the molecule is FC1Cc2ccc(C3CCC4=CCCN43)cc2C1. The minimum atomic E-state index is -0.652. The fraction of sp³-hybridized carbons (Fsp3) is 0.500. The van der Waals surface area contributed by atoms with Gasteiger partial charge in [-0.15, -0.1) is 0 Å². The number of hydrogen-bond donors (Lipinski definition) is 0. The monoisotopic (exact) mass is 243 g/mol. The molecule has 0 radical (unpaired) electrons. The van der Waals surface area contributed by atoms with Gasteiger partial charge in [-0.1, -0.05) is 24.3 Å². The van der Waals surface area contributed by atoms with Gasteiger partial charge in [0.15, 0.2) is 0 Å². The number of allylic oxidation sites excluding steroid dienone is 1. The van der Waals surface area contributed by atoms with Crippen LogP contribution in [0.25, 0.3) is 0 Å². The second-order valence-electron chi connectivity index (χ2n) is 5.77. The Bertz CT molecular complexity index is 520. The lowest BCUT2D eigenvalue weighted by atomic mass is 9.99. The zero-order chi connectivity index (χ0) is 12.1. The summed E-state index contributed by atoms with van der Waals surface area (Å²) in [6.07, 6.45) is 6.61. The van der Waals surface area contributed by atoms with Crippen molar-refractivity contribution in [3.05, 3.63) is 46.7 Å². The molecule has 0 amide bonds. The Morgan fingerprint density at radius 1 is 1.17 bits per heavy atom. The van der Waals surface area contributed by atoms with Crippen molar-refractivity contribution < 1.29 is 4.39 Å². The van der Waals surface area contributed by atoms with Crippen molar-refractivity contribution in [3.63, 3.8) is 0 Å². The molecule has 1 aliphatic carbocycles. The molecule has 1 aromatic carbocycles. The van der Waals surface area contributed by atoms with E-state index in [0.717, 1.165) is 0 Å². The molecule has 4 rings (SSSR count).